The summed E-state index contributed by atoms with van der Waals surface area (Å²) in [6.07, 6.45) is 0.378. The number of amides is 1. The topological polar surface area (TPSA) is 91.4 Å². The Morgan fingerprint density at radius 1 is 1.56 bits per heavy atom. The van der Waals surface area contributed by atoms with E-state index in [2.05, 4.69) is 10.3 Å². The van der Waals surface area contributed by atoms with Crippen molar-refractivity contribution in [2.45, 2.75) is 19.4 Å². The van der Waals surface area contributed by atoms with Crippen LogP contribution in [0.3, 0.4) is 0 Å². The molecular formula is C12H18N2O4. The number of aliphatic hydroxyl groups excluding tert-OH is 1. The molecule has 1 unspecified atom stereocenters. The van der Waals surface area contributed by atoms with Crippen molar-refractivity contribution in [1.29, 1.82) is 0 Å². The van der Waals surface area contributed by atoms with E-state index in [4.69, 9.17) is 9.84 Å². The summed E-state index contributed by atoms with van der Waals surface area (Å²) >= 11 is 0. The van der Waals surface area contributed by atoms with Crippen LogP contribution in [0, 0.1) is 6.92 Å². The first-order valence-electron chi connectivity index (χ1n) is 5.69. The molecule has 0 radical (unpaired) electrons. The molecule has 1 aromatic heterocycles. The molecule has 0 saturated carbocycles. The third kappa shape index (κ3) is 3.97. The van der Waals surface area contributed by atoms with Gasteiger partial charge in [0.2, 0.25) is 0 Å². The number of aromatic amines is 1. The van der Waals surface area contributed by atoms with E-state index in [1.165, 1.54) is 13.2 Å². The molecule has 0 aromatic carbocycles. The van der Waals surface area contributed by atoms with Crippen molar-refractivity contribution in [2.24, 2.45) is 0 Å². The first-order chi connectivity index (χ1) is 8.58. The van der Waals surface area contributed by atoms with Gasteiger partial charge in [-0.2, -0.15) is 0 Å². The Hall–Kier alpha value is -1.66. The fourth-order valence-corrected chi connectivity index (χ4v) is 1.57. The van der Waals surface area contributed by atoms with Gasteiger partial charge in [-0.3, -0.25) is 9.59 Å². The predicted molar refractivity (Wildman–Crippen MR) is 66.6 cm³/mol. The number of nitrogens with one attached hydrogen (secondary N) is 2. The zero-order chi connectivity index (χ0) is 13.5. The predicted octanol–water partition coefficient (Wildman–Crippen LogP) is -0.189. The van der Waals surface area contributed by atoms with Crippen molar-refractivity contribution in [2.75, 3.05) is 20.3 Å². The van der Waals surface area contributed by atoms with Gasteiger partial charge in [-0.1, -0.05) is 0 Å². The molecule has 1 aromatic rings. The number of hydrogen-bond donors (Lipinski definition) is 3. The summed E-state index contributed by atoms with van der Waals surface area (Å²) in [4.78, 5) is 26.0. The quantitative estimate of drug-likeness (QED) is 0.656. The highest BCUT2D eigenvalue weighted by molar-refractivity contribution is 5.93. The number of aromatic nitrogens is 1. The molecule has 0 aliphatic heterocycles. The van der Waals surface area contributed by atoms with Gasteiger partial charge in [0.25, 0.3) is 11.5 Å². The number of carbonyl (C=O) groups excluding carboxylic acids is 1. The maximum atomic E-state index is 11.9. The Morgan fingerprint density at radius 2 is 2.28 bits per heavy atom. The van der Waals surface area contributed by atoms with Crippen molar-refractivity contribution >= 4 is 5.91 Å². The molecule has 0 bridgehead atoms. The lowest BCUT2D eigenvalue weighted by atomic mass is 10.2. The number of H-pyrrole nitrogens is 1. The number of rotatable bonds is 6. The van der Waals surface area contributed by atoms with Crippen molar-refractivity contribution < 1.29 is 14.6 Å². The minimum Gasteiger partial charge on any atom is -0.396 e. The van der Waals surface area contributed by atoms with E-state index in [1.807, 2.05) is 0 Å². The Balaban J connectivity index is 2.77. The number of aryl methyl sites for hydroxylation is 1. The van der Waals surface area contributed by atoms with E-state index in [0.29, 0.717) is 12.1 Å². The number of methoxy groups -OCH3 is 1. The molecule has 0 spiro atoms. The minimum absolute atomic E-state index is 0.0552. The molecule has 0 saturated heterocycles. The van der Waals surface area contributed by atoms with Gasteiger partial charge in [0, 0.05) is 19.4 Å². The van der Waals surface area contributed by atoms with E-state index < -0.39 is 11.5 Å². The number of aliphatic hydroxyl groups is 1. The highest BCUT2D eigenvalue weighted by Crippen LogP contribution is 1.97. The third-order valence-corrected chi connectivity index (χ3v) is 2.48. The van der Waals surface area contributed by atoms with Crippen LogP contribution in [0.15, 0.2) is 16.9 Å². The van der Waals surface area contributed by atoms with Crippen molar-refractivity contribution in [3.63, 3.8) is 0 Å². The zero-order valence-corrected chi connectivity index (χ0v) is 10.5. The van der Waals surface area contributed by atoms with Gasteiger partial charge in [-0.05, 0) is 25.5 Å². The molecule has 1 amide bonds. The number of hydrogen-bond acceptors (Lipinski definition) is 4. The van der Waals surface area contributed by atoms with E-state index in [1.54, 1.807) is 13.0 Å². The molecule has 100 valence electrons. The monoisotopic (exact) mass is 254 g/mol. The van der Waals surface area contributed by atoms with Gasteiger partial charge >= 0.3 is 0 Å². The largest absolute Gasteiger partial charge is 0.396 e. The molecule has 6 nitrogen and oxygen atoms in total. The van der Waals surface area contributed by atoms with Crippen molar-refractivity contribution in [3.05, 3.63) is 33.7 Å². The highest BCUT2D eigenvalue weighted by atomic mass is 16.5. The van der Waals surface area contributed by atoms with Crippen LogP contribution in [0.1, 0.15) is 22.5 Å². The lowest BCUT2D eigenvalue weighted by Gasteiger charge is -2.16. The zero-order valence-electron chi connectivity index (χ0n) is 10.5. The fourth-order valence-electron chi connectivity index (χ4n) is 1.57. The summed E-state index contributed by atoms with van der Waals surface area (Å²) < 4.78 is 4.93. The molecule has 6 heteroatoms. The Morgan fingerprint density at radius 3 is 2.83 bits per heavy atom. The average molecular weight is 254 g/mol. The second-order valence-electron chi connectivity index (χ2n) is 4.02. The van der Waals surface area contributed by atoms with Crippen LogP contribution in [0.5, 0.6) is 0 Å². The van der Waals surface area contributed by atoms with Crippen LogP contribution in [0.4, 0.5) is 0 Å². The summed E-state index contributed by atoms with van der Waals surface area (Å²) in [7, 11) is 1.51. The van der Waals surface area contributed by atoms with E-state index in [-0.39, 0.29) is 24.8 Å². The van der Waals surface area contributed by atoms with Crippen LogP contribution in [-0.4, -0.2) is 42.4 Å². The molecule has 0 aliphatic rings. The van der Waals surface area contributed by atoms with Crippen molar-refractivity contribution in [1.82, 2.24) is 10.3 Å². The molecule has 18 heavy (non-hydrogen) atoms. The summed E-state index contributed by atoms with van der Waals surface area (Å²) in [5, 5.41) is 11.5. The van der Waals surface area contributed by atoms with E-state index >= 15 is 0 Å². The van der Waals surface area contributed by atoms with Gasteiger partial charge in [-0.15, -0.1) is 0 Å². The van der Waals surface area contributed by atoms with Gasteiger partial charge in [-0.25, -0.2) is 0 Å². The van der Waals surface area contributed by atoms with Gasteiger partial charge in [0.05, 0.1) is 12.6 Å². The number of pyridine rings is 1. The first-order valence-corrected chi connectivity index (χ1v) is 5.69. The fraction of sp³-hybridized carbons (Fsp3) is 0.500. The van der Waals surface area contributed by atoms with Crippen LogP contribution in [-0.2, 0) is 4.74 Å². The van der Waals surface area contributed by atoms with Crippen LogP contribution >= 0.6 is 0 Å². The van der Waals surface area contributed by atoms with E-state index in [0.717, 1.165) is 0 Å². The Kier molecular flexibility index (Phi) is 5.54. The van der Waals surface area contributed by atoms with Gasteiger partial charge < -0.3 is 20.1 Å². The summed E-state index contributed by atoms with van der Waals surface area (Å²) in [6.45, 7) is 1.97. The SMILES string of the molecule is COCC(CCO)NC(=O)c1ccc(C)[nH]c1=O. The van der Waals surface area contributed by atoms with Crippen LogP contribution in [0.2, 0.25) is 0 Å². The smallest absolute Gasteiger partial charge is 0.260 e. The first kappa shape index (κ1) is 14.4. The molecule has 1 heterocycles. The Labute approximate surface area is 105 Å². The average Bonchev–Trinajstić information content (AvgIpc) is 2.29. The molecule has 0 fully saturated rings. The second-order valence-corrected chi connectivity index (χ2v) is 4.02. The lowest BCUT2D eigenvalue weighted by Crippen LogP contribution is -2.40. The normalized spacial score (nSPS) is 12.2. The van der Waals surface area contributed by atoms with Crippen molar-refractivity contribution in [3.8, 4) is 0 Å². The highest BCUT2D eigenvalue weighted by Gasteiger charge is 2.15. The van der Waals surface area contributed by atoms with Crippen LogP contribution in [0.25, 0.3) is 0 Å². The standard InChI is InChI=1S/C12H18N2O4/c1-8-3-4-10(11(16)13-8)12(17)14-9(5-6-15)7-18-2/h3-4,9,15H,5-7H2,1-2H3,(H,13,16)(H,14,17). The molecular weight excluding hydrogens is 236 g/mol. The summed E-state index contributed by atoms with van der Waals surface area (Å²) in [5.41, 5.74) is 0.327. The maximum Gasteiger partial charge on any atom is 0.260 e. The molecule has 0 aliphatic carbocycles. The molecule has 1 atom stereocenters. The van der Waals surface area contributed by atoms with Crippen LogP contribution < -0.4 is 10.9 Å². The maximum absolute atomic E-state index is 11.9. The second kappa shape index (κ2) is 6.93. The lowest BCUT2D eigenvalue weighted by molar-refractivity contribution is 0.0877. The third-order valence-electron chi connectivity index (χ3n) is 2.48. The van der Waals surface area contributed by atoms with E-state index in [9.17, 15) is 9.59 Å². The van der Waals surface area contributed by atoms with Gasteiger partial charge in [0.15, 0.2) is 0 Å². The molecule has 1 rings (SSSR count). The number of carbonyl (C=O) groups is 1. The Bertz CT molecular complexity index is 450. The molecule has 3 N–H and O–H groups in total. The van der Waals surface area contributed by atoms with Gasteiger partial charge in [0.1, 0.15) is 5.56 Å². The number of ether oxygens (including phenoxy) is 1. The minimum atomic E-state index is -0.466. The summed E-state index contributed by atoms with van der Waals surface area (Å²) in [5.74, 6) is -0.466. The summed E-state index contributed by atoms with van der Waals surface area (Å²) in [6, 6.07) is 2.83.